The number of rotatable bonds is 1. The van der Waals surface area contributed by atoms with E-state index in [1.165, 1.54) is 6.07 Å². The monoisotopic (exact) mass is 210 g/mol. The molecule has 1 aromatic carbocycles. The van der Waals surface area contributed by atoms with Gasteiger partial charge in [0.25, 0.3) is 0 Å². The molecule has 76 valence electrons. The Morgan fingerprint density at radius 3 is 2.27 bits per heavy atom. The summed E-state index contributed by atoms with van der Waals surface area (Å²) in [4.78, 5) is 0. The number of alkyl halides is 3. The largest absolute Gasteiger partial charge is 0.393 e. The minimum absolute atomic E-state index is 0.105. The topological polar surface area (TPSA) is 47.6 Å². The van der Waals surface area contributed by atoms with Gasteiger partial charge in [0.15, 0.2) is 0 Å². The molecule has 0 saturated carbocycles. The van der Waals surface area contributed by atoms with E-state index in [1.807, 2.05) is 0 Å². The molecule has 0 spiro atoms. The number of nitrogens with zero attached hydrogens (tertiary/aromatic N) is 2. The Labute approximate surface area is 84.2 Å². The predicted molar refractivity (Wildman–Crippen MR) is 45.6 cm³/mol. The van der Waals surface area contributed by atoms with Crippen LogP contribution in [0.5, 0.6) is 0 Å². The van der Waals surface area contributed by atoms with Gasteiger partial charge in [0, 0.05) is 0 Å². The molecule has 2 nitrogen and oxygen atoms in total. The summed E-state index contributed by atoms with van der Waals surface area (Å²) in [5.41, 5.74) is -0.0344. The molecule has 0 unspecified atom stereocenters. The zero-order valence-corrected chi connectivity index (χ0v) is 7.47. The highest BCUT2D eigenvalue weighted by molar-refractivity contribution is 5.44. The molecule has 0 saturated heterocycles. The lowest BCUT2D eigenvalue weighted by Gasteiger charge is -2.07. The third kappa shape index (κ3) is 2.99. The average molecular weight is 210 g/mol. The summed E-state index contributed by atoms with van der Waals surface area (Å²) in [6, 6.07) is 6.98. The van der Waals surface area contributed by atoms with E-state index in [0.717, 1.165) is 12.1 Å². The maximum Gasteiger partial charge on any atom is 0.393 e. The number of nitriles is 2. The van der Waals surface area contributed by atoms with E-state index in [0.29, 0.717) is 0 Å². The van der Waals surface area contributed by atoms with Crippen LogP contribution >= 0.6 is 0 Å². The molecule has 0 heterocycles. The van der Waals surface area contributed by atoms with Crippen molar-refractivity contribution in [3.8, 4) is 12.1 Å². The minimum atomic E-state index is -4.35. The molecule has 1 rings (SSSR count). The molecule has 5 heteroatoms. The van der Waals surface area contributed by atoms with Crippen LogP contribution in [0.15, 0.2) is 18.2 Å². The molecular formula is C10H5F3N2. The summed E-state index contributed by atoms with van der Waals surface area (Å²) in [6.07, 6.45) is -5.50. The molecule has 0 atom stereocenters. The second-order valence-electron chi connectivity index (χ2n) is 2.89. The van der Waals surface area contributed by atoms with E-state index in [2.05, 4.69) is 0 Å². The normalized spacial score (nSPS) is 10.5. The molecule has 0 radical (unpaired) electrons. The molecule has 0 aliphatic carbocycles. The van der Waals surface area contributed by atoms with Crippen LogP contribution in [0.3, 0.4) is 0 Å². The van der Waals surface area contributed by atoms with Crippen molar-refractivity contribution in [2.75, 3.05) is 0 Å². The van der Waals surface area contributed by atoms with Gasteiger partial charge in [0.2, 0.25) is 0 Å². The van der Waals surface area contributed by atoms with Crippen molar-refractivity contribution in [3.05, 3.63) is 34.9 Å². The SMILES string of the molecule is N#Cc1ccc(CC(F)(F)F)c(C#N)c1. The molecule has 0 aliphatic heterocycles. The van der Waals surface area contributed by atoms with Gasteiger partial charge in [-0.05, 0) is 17.7 Å². The first-order chi connectivity index (χ1) is 6.96. The Bertz CT molecular complexity index is 449. The molecule has 0 N–H and O–H groups in total. The van der Waals surface area contributed by atoms with E-state index in [-0.39, 0.29) is 16.7 Å². The van der Waals surface area contributed by atoms with Crippen molar-refractivity contribution < 1.29 is 13.2 Å². The fourth-order valence-electron chi connectivity index (χ4n) is 1.12. The van der Waals surface area contributed by atoms with Crippen molar-refractivity contribution in [1.29, 1.82) is 10.5 Å². The van der Waals surface area contributed by atoms with Crippen molar-refractivity contribution in [2.24, 2.45) is 0 Å². The first kappa shape index (κ1) is 11.1. The second kappa shape index (κ2) is 4.02. The molecule has 15 heavy (non-hydrogen) atoms. The second-order valence-corrected chi connectivity index (χ2v) is 2.89. The Balaban J connectivity index is 3.11. The van der Waals surface area contributed by atoms with Gasteiger partial charge in [0.1, 0.15) is 0 Å². The summed E-state index contributed by atoms with van der Waals surface area (Å²) in [6.45, 7) is 0. The highest BCUT2D eigenvalue weighted by atomic mass is 19.4. The predicted octanol–water partition coefficient (Wildman–Crippen LogP) is 2.53. The highest BCUT2D eigenvalue weighted by Gasteiger charge is 2.28. The van der Waals surface area contributed by atoms with Crippen LogP contribution in [0.25, 0.3) is 0 Å². The fraction of sp³-hybridized carbons (Fsp3) is 0.200. The number of benzene rings is 1. The van der Waals surface area contributed by atoms with Gasteiger partial charge in [0.05, 0.1) is 29.7 Å². The van der Waals surface area contributed by atoms with Gasteiger partial charge < -0.3 is 0 Å². The molecule has 0 fully saturated rings. The first-order valence-corrected chi connectivity index (χ1v) is 3.96. The van der Waals surface area contributed by atoms with E-state index < -0.39 is 12.6 Å². The lowest BCUT2D eigenvalue weighted by atomic mass is 10.0. The Kier molecular flexibility index (Phi) is 2.96. The molecule has 0 amide bonds. The summed E-state index contributed by atoms with van der Waals surface area (Å²) < 4.78 is 36.2. The number of halogens is 3. The van der Waals surface area contributed by atoms with Gasteiger partial charge in [-0.1, -0.05) is 6.07 Å². The summed E-state index contributed by atoms with van der Waals surface area (Å²) >= 11 is 0. The van der Waals surface area contributed by atoms with E-state index in [9.17, 15) is 13.2 Å². The maximum atomic E-state index is 12.1. The van der Waals surface area contributed by atoms with Gasteiger partial charge >= 0.3 is 6.18 Å². The third-order valence-corrected chi connectivity index (χ3v) is 1.75. The maximum absolute atomic E-state index is 12.1. The minimum Gasteiger partial charge on any atom is -0.192 e. The van der Waals surface area contributed by atoms with E-state index in [4.69, 9.17) is 10.5 Å². The third-order valence-electron chi connectivity index (χ3n) is 1.75. The van der Waals surface area contributed by atoms with E-state index >= 15 is 0 Å². The Hall–Kier alpha value is -2.01. The van der Waals surface area contributed by atoms with Gasteiger partial charge in [-0.3, -0.25) is 0 Å². The van der Waals surface area contributed by atoms with Crippen LogP contribution in [-0.2, 0) is 6.42 Å². The quantitative estimate of drug-likeness (QED) is 0.715. The fourth-order valence-corrected chi connectivity index (χ4v) is 1.12. The van der Waals surface area contributed by atoms with Crippen LogP contribution in [-0.4, -0.2) is 6.18 Å². The van der Waals surface area contributed by atoms with Crippen LogP contribution in [0, 0.1) is 22.7 Å². The molecule has 0 bridgehead atoms. The number of hydrogen-bond donors (Lipinski definition) is 0. The van der Waals surface area contributed by atoms with Gasteiger partial charge in [-0.25, -0.2) is 0 Å². The molecule has 0 aliphatic rings. The van der Waals surface area contributed by atoms with Crippen molar-refractivity contribution in [3.63, 3.8) is 0 Å². The van der Waals surface area contributed by atoms with Crippen LogP contribution < -0.4 is 0 Å². The highest BCUT2D eigenvalue weighted by Crippen LogP contribution is 2.23. The lowest BCUT2D eigenvalue weighted by Crippen LogP contribution is -2.12. The summed E-state index contributed by atoms with van der Waals surface area (Å²) in [5, 5.41) is 17.1. The summed E-state index contributed by atoms with van der Waals surface area (Å²) in [5.74, 6) is 0. The van der Waals surface area contributed by atoms with Crippen molar-refractivity contribution in [2.45, 2.75) is 12.6 Å². The van der Waals surface area contributed by atoms with Gasteiger partial charge in [-0.15, -0.1) is 0 Å². The first-order valence-electron chi connectivity index (χ1n) is 3.96. The zero-order valence-electron chi connectivity index (χ0n) is 7.47. The van der Waals surface area contributed by atoms with Crippen LogP contribution in [0.2, 0.25) is 0 Å². The Morgan fingerprint density at radius 2 is 1.80 bits per heavy atom. The lowest BCUT2D eigenvalue weighted by molar-refractivity contribution is -0.127. The van der Waals surface area contributed by atoms with Crippen LogP contribution in [0.1, 0.15) is 16.7 Å². The van der Waals surface area contributed by atoms with Gasteiger partial charge in [-0.2, -0.15) is 23.7 Å². The molecule has 0 aromatic heterocycles. The van der Waals surface area contributed by atoms with Crippen molar-refractivity contribution >= 4 is 0 Å². The van der Waals surface area contributed by atoms with Crippen molar-refractivity contribution in [1.82, 2.24) is 0 Å². The smallest absolute Gasteiger partial charge is 0.192 e. The molecule has 1 aromatic rings. The van der Waals surface area contributed by atoms with E-state index in [1.54, 1.807) is 12.1 Å². The standard InChI is InChI=1S/C10H5F3N2/c11-10(12,13)4-8-2-1-7(5-14)3-9(8)6-15/h1-3H,4H2. The van der Waals surface area contributed by atoms with Crippen LogP contribution in [0.4, 0.5) is 13.2 Å². The zero-order chi connectivity index (χ0) is 11.5. The Morgan fingerprint density at radius 1 is 1.13 bits per heavy atom. The average Bonchev–Trinajstić information content (AvgIpc) is 2.16. The number of hydrogen-bond acceptors (Lipinski definition) is 2. The molecular weight excluding hydrogens is 205 g/mol. The summed E-state index contributed by atoms with van der Waals surface area (Å²) in [7, 11) is 0.